The molecule has 3 N–H and O–H groups in total. The predicted octanol–water partition coefficient (Wildman–Crippen LogP) is 4.49. The Labute approximate surface area is 189 Å². The second-order valence-electron chi connectivity index (χ2n) is 7.43. The van der Waals surface area contributed by atoms with E-state index in [1.54, 1.807) is 0 Å². The molecule has 3 rings (SSSR count). The number of non-ortho nitro benzene ring substituents is 1. The largest absolute Gasteiger partial charge is 0.507 e. The van der Waals surface area contributed by atoms with Crippen LogP contribution in [0.15, 0.2) is 48.2 Å². The van der Waals surface area contributed by atoms with E-state index in [0.717, 1.165) is 31.7 Å². The Morgan fingerprint density at radius 1 is 1.24 bits per heavy atom. The lowest BCUT2D eigenvalue weighted by Crippen LogP contribution is -2.33. The van der Waals surface area contributed by atoms with Gasteiger partial charge in [-0.05, 0) is 24.6 Å². The number of nitro groups is 1. The summed E-state index contributed by atoms with van der Waals surface area (Å²) in [5, 5.41) is 32.9. The third-order valence-electron chi connectivity index (χ3n) is 5.06. The number of nitrogens with one attached hydrogen (secondary N) is 1. The lowest BCUT2D eigenvalue weighted by Gasteiger charge is -2.27. The van der Waals surface area contributed by atoms with Gasteiger partial charge in [-0.2, -0.15) is 0 Å². The summed E-state index contributed by atoms with van der Waals surface area (Å²) in [7, 11) is 0. The molecule has 0 fully saturated rings. The van der Waals surface area contributed by atoms with E-state index in [-0.39, 0.29) is 28.1 Å². The van der Waals surface area contributed by atoms with Gasteiger partial charge >= 0.3 is 5.97 Å². The van der Waals surface area contributed by atoms with E-state index < -0.39 is 28.7 Å². The van der Waals surface area contributed by atoms with Crippen LogP contribution in [0.5, 0.6) is 11.5 Å². The van der Waals surface area contributed by atoms with E-state index in [4.69, 9.17) is 14.6 Å². The molecule has 1 heterocycles. The van der Waals surface area contributed by atoms with E-state index in [1.807, 2.05) is 0 Å². The highest BCUT2D eigenvalue weighted by molar-refractivity contribution is 6.12. The van der Waals surface area contributed by atoms with Crippen molar-refractivity contribution in [3.05, 3.63) is 69.4 Å². The topological polar surface area (TPSA) is 148 Å². The van der Waals surface area contributed by atoms with Crippen molar-refractivity contribution >= 4 is 23.1 Å². The summed E-state index contributed by atoms with van der Waals surface area (Å²) in [5.74, 6) is -2.04. The Kier molecular flexibility index (Phi) is 7.62. The number of carbonyl (C=O) groups is 2. The number of fused-ring (bicyclic) bond motifs is 1. The third-order valence-corrected chi connectivity index (χ3v) is 5.06. The number of phenols is 1. The Morgan fingerprint density at radius 3 is 2.70 bits per heavy atom. The number of anilines is 1. The van der Waals surface area contributed by atoms with Gasteiger partial charge in [0.15, 0.2) is 0 Å². The van der Waals surface area contributed by atoms with E-state index in [2.05, 4.69) is 12.2 Å². The molecule has 0 saturated carbocycles. The van der Waals surface area contributed by atoms with Crippen LogP contribution in [0.4, 0.5) is 11.4 Å². The quantitative estimate of drug-likeness (QED) is 0.203. The van der Waals surface area contributed by atoms with Gasteiger partial charge in [-0.1, -0.05) is 26.2 Å². The summed E-state index contributed by atoms with van der Waals surface area (Å²) in [5.41, 5.74) is -0.0669. The van der Waals surface area contributed by atoms with Crippen LogP contribution in [0.25, 0.3) is 0 Å². The number of hydrogen-bond acceptors (Lipinski definition) is 8. The zero-order chi connectivity index (χ0) is 24.0. The van der Waals surface area contributed by atoms with E-state index >= 15 is 0 Å². The molecule has 0 bridgehead atoms. The molecule has 1 aliphatic heterocycles. The van der Waals surface area contributed by atoms with Crippen molar-refractivity contribution in [1.82, 2.24) is 0 Å². The van der Waals surface area contributed by atoms with Crippen LogP contribution in [-0.4, -0.2) is 39.8 Å². The first-order chi connectivity index (χ1) is 15.8. The van der Waals surface area contributed by atoms with Gasteiger partial charge in [-0.3, -0.25) is 14.9 Å². The first-order valence-corrected chi connectivity index (χ1v) is 10.5. The smallest absolute Gasteiger partial charge is 0.339 e. The minimum absolute atomic E-state index is 0.0344. The van der Waals surface area contributed by atoms with Crippen LogP contribution in [-0.2, 0) is 4.74 Å². The van der Waals surface area contributed by atoms with Crippen molar-refractivity contribution < 1.29 is 34.2 Å². The van der Waals surface area contributed by atoms with Gasteiger partial charge in [0, 0.05) is 30.1 Å². The number of aromatic hydroxyl groups is 1. The maximum Gasteiger partial charge on any atom is 0.339 e. The summed E-state index contributed by atoms with van der Waals surface area (Å²) < 4.78 is 11.6. The number of aromatic carboxylic acids is 1. The molecule has 0 radical (unpaired) electrons. The summed E-state index contributed by atoms with van der Waals surface area (Å²) in [4.78, 5) is 34.7. The number of carboxylic acid groups (broad SMARTS) is 1. The Morgan fingerprint density at radius 2 is 2.03 bits per heavy atom. The molecule has 1 aliphatic rings. The third kappa shape index (κ3) is 5.66. The lowest BCUT2D eigenvalue weighted by atomic mass is 9.99. The second kappa shape index (κ2) is 10.6. The first kappa shape index (κ1) is 23.7. The lowest BCUT2D eigenvalue weighted by molar-refractivity contribution is -0.384. The second-order valence-corrected chi connectivity index (χ2v) is 7.43. The van der Waals surface area contributed by atoms with Crippen molar-refractivity contribution in [2.75, 3.05) is 11.9 Å². The van der Waals surface area contributed by atoms with Crippen LogP contribution in [0.2, 0.25) is 0 Å². The minimum atomic E-state index is -1.27. The predicted molar refractivity (Wildman–Crippen MR) is 119 cm³/mol. The van der Waals surface area contributed by atoms with Crippen LogP contribution in [0.3, 0.4) is 0 Å². The van der Waals surface area contributed by atoms with E-state index in [9.17, 15) is 24.8 Å². The molecular formula is C23H24N2O8. The highest BCUT2D eigenvalue weighted by Crippen LogP contribution is 2.34. The molecule has 0 aliphatic carbocycles. The van der Waals surface area contributed by atoms with Gasteiger partial charge in [0.2, 0.25) is 12.1 Å². The number of carboxylic acids is 1. The molecule has 2 aromatic carbocycles. The number of unbranched alkanes of at least 4 members (excludes halogenated alkanes) is 3. The van der Waals surface area contributed by atoms with Gasteiger partial charge in [-0.15, -0.1) is 0 Å². The summed E-state index contributed by atoms with van der Waals surface area (Å²) in [6.07, 6.45) is 4.16. The number of ether oxygens (including phenoxy) is 2. The van der Waals surface area contributed by atoms with Crippen molar-refractivity contribution in [2.45, 2.75) is 38.9 Å². The van der Waals surface area contributed by atoms with E-state index in [0.29, 0.717) is 12.3 Å². The number of Topliss-reactive ketones (excluding diaryl/α,β-unsaturated/α-hetero) is 1. The number of nitrogens with zero attached hydrogens (tertiary/aromatic N) is 1. The molecule has 174 valence electrons. The summed E-state index contributed by atoms with van der Waals surface area (Å²) in [6.45, 7) is 2.44. The zero-order valence-electron chi connectivity index (χ0n) is 17.9. The number of ketones is 1. The Bertz CT molecular complexity index is 1100. The molecule has 0 spiro atoms. The van der Waals surface area contributed by atoms with E-state index in [1.165, 1.54) is 36.5 Å². The van der Waals surface area contributed by atoms with Gasteiger partial charge in [0.25, 0.3) is 5.69 Å². The molecule has 33 heavy (non-hydrogen) atoms. The highest BCUT2D eigenvalue weighted by Gasteiger charge is 2.34. The number of rotatable bonds is 10. The number of hydrogen-bond donors (Lipinski definition) is 3. The standard InChI is InChI=1S/C23H24N2O8/c1-2-3-4-5-10-32-23-18(13-24-14-6-8-16(22(28)29)19(26)11-14)21(27)17-12-15(25(30)31)7-9-20(17)33-23/h6-9,11-13,23-24,26H,2-5,10H2,1H3,(H,28,29)/b18-13-/t23-/m0/s1. The number of carbonyl (C=O) groups excluding carboxylic acids is 1. The van der Waals surface area contributed by atoms with Gasteiger partial charge < -0.3 is 25.0 Å². The van der Waals surface area contributed by atoms with Crippen molar-refractivity contribution in [2.24, 2.45) is 0 Å². The van der Waals surface area contributed by atoms with Crippen molar-refractivity contribution in [3.8, 4) is 11.5 Å². The van der Waals surface area contributed by atoms with Crippen LogP contribution in [0, 0.1) is 10.1 Å². The normalized spacial score (nSPS) is 16.2. The van der Waals surface area contributed by atoms with Gasteiger partial charge in [0.05, 0.1) is 22.7 Å². The maximum absolute atomic E-state index is 13.2. The van der Waals surface area contributed by atoms with Crippen LogP contribution in [0.1, 0.15) is 53.3 Å². The molecule has 10 heteroatoms. The summed E-state index contributed by atoms with van der Waals surface area (Å²) in [6, 6.07) is 7.62. The van der Waals surface area contributed by atoms with Crippen molar-refractivity contribution in [1.29, 1.82) is 0 Å². The first-order valence-electron chi connectivity index (χ1n) is 10.5. The molecule has 1 atom stereocenters. The molecule has 0 amide bonds. The SMILES string of the molecule is CCCCCCO[C@H]1Oc2ccc([N+](=O)[O-])cc2C(=O)/C1=C/Nc1ccc(C(=O)O)c(O)c1. The average Bonchev–Trinajstić information content (AvgIpc) is 2.78. The number of nitro benzene ring substituents is 1. The monoisotopic (exact) mass is 456 g/mol. The highest BCUT2D eigenvalue weighted by atomic mass is 16.7. The zero-order valence-corrected chi connectivity index (χ0v) is 17.9. The fraction of sp³-hybridized carbons (Fsp3) is 0.304. The molecule has 0 aromatic heterocycles. The molecule has 0 unspecified atom stereocenters. The Balaban J connectivity index is 1.87. The molecule has 0 saturated heterocycles. The van der Waals surface area contributed by atoms with Gasteiger partial charge in [-0.25, -0.2) is 4.79 Å². The average molecular weight is 456 g/mol. The molecular weight excluding hydrogens is 432 g/mol. The molecule has 2 aromatic rings. The van der Waals surface area contributed by atoms with Gasteiger partial charge in [0.1, 0.15) is 17.1 Å². The molecule has 10 nitrogen and oxygen atoms in total. The van der Waals surface area contributed by atoms with Crippen LogP contribution >= 0.6 is 0 Å². The van der Waals surface area contributed by atoms with Crippen LogP contribution < -0.4 is 10.1 Å². The van der Waals surface area contributed by atoms with Crippen molar-refractivity contribution in [3.63, 3.8) is 0 Å². The fourth-order valence-electron chi connectivity index (χ4n) is 3.29. The fourth-order valence-corrected chi connectivity index (χ4v) is 3.29. The number of benzene rings is 2. The minimum Gasteiger partial charge on any atom is -0.507 e. The summed E-state index contributed by atoms with van der Waals surface area (Å²) >= 11 is 0. The maximum atomic E-state index is 13.2. The Hall–Kier alpha value is -3.92.